The highest BCUT2D eigenvalue weighted by atomic mass is 35.5. The summed E-state index contributed by atoms with van der Waals surface area (Å²) in [6.07, 6.45) is -1.74. The highest BCUT2D eigenvalue weighted by molar-refractivity contribution is 6.34. The van der Waals surface area contributed by atoms with Gasteiger partial charge in [0, 0.05) is 60.3 Å². The molecule has 7 rings (SSSR count). The van der Waals surface area contributed by atoms with E-state index in [9.17, 15) is 17.6 Å². The molecule has 0 aliphatic carbocycles. The van der Waals surface area contributed by atoms with Gasteiger partial charge in [-0.3, -0.25) is 4.90 Å². The Balaban J connectivity index is 1.36. The Morgan fingerprint density at radius 2 is 1.88 bits per heavy atom. The van der Waals surface area contributed by atoms with Crippen LogP contribution in [0.3, 0.4) is 0 Å². The molecule has 4 aliphatic heterocycles. The summed E-state index contributed by atoms with van der Waals surface area (Å²) in [6.45, 7) is 2.46. The number of anilines is 2. The second-order valence-electron chi connectivity index (χ2n) is 12.0. The highest BCUT2D eigenvalue weighted by Crippen LogP contribution is 2.45. The van der Waals surface area contributed by atoms with Crippen molar-refractivity contribution in [1.29, 1.82) is 0 Å². The molecule has 2 aromatic carbocycles. The Morgan fingerprint density at radius 1 is 1.12 bits per heavy atom. The third-order valence-corrected chi connectivity index (χ3v) is 9.51. The number of aromatic nitrogens is 2. The normalized spacial score (nSPS) is 27.7. The van der Waals surface area contributed by atoms with Crippen molar-refractivity contribution in [2.75, 3.05) is 43.4 Å². The largest absolute Gasteiger partial charge is 0.461 e. The van der Waals surface area contributed by atoms with Gasteiger partial charge in [-0.2, -0.15) is 23.1 Å². The van der Waals surface area contributed by atoms with E-state index in [1.165, 1.54) is 6.07 Å². The molecule has 2 bridgehead atoms. The molecule has 1 aromatic heterocycles. The van der Waals surface area contributed by atoms with E-state index in [4.69, 9.17) is 27.1 Å². The average molecular weight is 609 g/mol. The maximum atomic E-state index is 16.5. The van der Waals surface area contributed by atoms with Crippen LogP contribution in [-0.4, -0.2) is 71.4 Å². The van der Waals surface area contributed by atoms with E-state index in [1.54, 1.807) is 0 Å². The third kappa shape index (κ3) is 4.71. The number of nitrogen functional groups attached to an aromatic ring is 1. The van der Waals surface area contributed by atoms with Crippen LogP contribution < -0.4 is 20.7 Å². The number of nitrogens with two attached hydrogens (primary N) is 1. The first-order valence-corrected chi connectivity index (χ1v) is 14.6. The van der Waals surface area contributed by atoms with Crippen molar-refractivity contribution < 1.29 is 26.7 Å². The molecule has 4 saturated heterocycles. The number of fused-ring (bicyclic) bond motifs is 4. The Labute approximate surface area is 244 Å². The van der Waals surface area contributed by atoms with Gasteiger partial charge >= 0.3 is 12.2 Å². The number of rotatable bonds is 5. The fourth-order valence-corrected chi connectivity index (χ4v) is 7.64. The Kier molecular flexibility index (Phi) is 6.67. The molecule has 0 radical (unpaired) electrons. The first-order chi connectivity index (χ1) is 20.0. The lowest BCUT2D eigenvalue weighted by Crippen LogP contribution is -2.51. The number of hydrogen-bond acceptors (Lipinski definition) is 7. The van der Waals surface area contributed by atoms with E-state index in [0.717, 1.165) is 50.4 Å². The summed E-state index contributed by atoms with van der Waals surface area (Å²) in [5, 5.41) is 3.61. The Hall–Kier alpha value is -2.96. The summed E-state index contributed by atoms with van der Waals surface area (Å²) in [4.78, 5) is 13.2. The van der Waals surface area contributed by atoms with Gasteiger partial charge in [-0.05, 0) is 56.5 Å². The fraction of sp³-hybridized carbons (Fsp3) is 0.517. The molecule has 3 aromatic rings. The van der Waals surface area contributed by atoms with Gasteiger partial charge in [0.1, 0.15) is 24.1 Å². The number of piperazine rings is 1. The van der Waals surface area contributed by atoms with Gasteiger partial charge in [-0.1, -0.05) is 11.6 Å². The number of benzene rings is 2. The lowest BCUT2D eigenvalue weighted by molar-refractivity contribution is -0.137. The minimum absolute atomic E-state index is 0.0281. The lowest BCUT2D eigenvalue weighted by Gasteiger charge is -2.34. The van der Waals surface area contributed by atoms with Crippen molar-refractivity contribution >= 4 is 34.0 Å². The predicted molar refractivity (Wildman–Crippen MR) is 150 cm³/mol. The first-order valence-electron chi connectivity index (χ1n) is 14.2. The van der Waals surface area contributed by atoms with Gasteiger partial charge in [0.25, 0.3) is 0 Å². The van der Waals surface area contributed by atoms with Crippen LogP contribution >= 0.6 is 11.6 Å². The van der Waals surface area contributed by atoms with Crippen LogP contribution in [0.25, 0.3) is 22.0 Å². The van der Waals surface area contributed by atoms with Gasteiger partial charge in [0.2, 0.25) is 0 Å². The quantitative estimate of drug-likeness (QED) is 0.289. The van der Waals surface area contributed by atoms with Gasteiger partial charge in [0.15, 0.2) is 5.82 Å². The van der Waals surface area contributed by atoms with Crippen molar-refractivity contribution in [2.24, 2.45) is 0 Å². The topological polar surface area (TPSA) is 79.5 Å². The zero-order valence-corrected chi connectivity index (χ0v) is 23.4. The maximum absolute atomic E-state index is 16.5. The molecule has 0 saturated carbocycles. The van der Waals surface area contributed by atoms with Crippen molar-refractivity contribution in [3.8, 4) is 17.1 Å². The zero-order valence-electron chi connectivity index (χ0n) is 22.7. The molecule has 0 amide bonds. The molecule has 5 heterocycles. The average Bonchev–Trinajstić information content (AvgIpc) is 3.57. The molecule has 42 heavy (non-hydrogen) atoms. The zero-order chi connectivity index (χ0) is 29.4. The van der Waals surface area contributed by atoms with Crippen LogP contribution in [0.4, 0.5) is 33.5 Å². The maximum Gasteiger partial charge on any atom is 0.417 e. The lowest BCUT2D eigenvalue weighted by atomic mass is 9.95. The van der Waals surface area contributed by atoms with Crippen LogP contribution in [0.5, 0.6) is 6.01 Å². The number of halogens is 6. The molecule has 13 heteroatoms. The SMILES string of the molecule is Nc1ccc(C(F)(F)F)c(-c2c(Cl)cc3c(N4C[C@H]5CC[C@@H](C4)N5)nc(OC[C@@]45CCCN4C[C@H](F)C5)nc3c2F)c1. The molecular formula is C29H30ClF5N6O. The minimum atomic E-state index is -4.78. The summed E-state index contributed by atoms with van der Waals surface area (Å²) in [5.74, 6) is -0.620. The molecule has 0 spiro atoms. The van der Waals surface area contributed by atoms with Crippen LogP contribution in [0, 0.1) is 5.82 Å². The molecule has 7 nitrogen and oxygen atoms in total. The summed E-state index contributed by atoms with van der Waals surface area (Å²) in [5.41, 5.74) is 3.18. The number of nitrogens with one attached hydrogen (secondary N) is 1. The fourth-order valence-electron chi connectivity index (χ4n) is 7.35. The minimum Gasteiger partial charge on any atom is -0.461 e. The third-order valence-electron chi connectivity index (χ3n) is 9.21. The number of ether oxygens (including phenoxy) is 1. The molecule has 4 aliphatic rings. The van der Waals surface area contributed by atoms with E-state index in [1.807, 2.05) is 4.90 Å². The number of hydrogen-bond donors (Lipinski definition) is 2. The summed E-state index contributed by atoms with van der Waals surface area (Å²) >= 11 is 6.55. The predicted octanol–water partition coefficient (Wildman–Crippen LogP) is 5.59. The second kappa shape index (κ2) is 10.1. The molecule has 0 unspecified atom stereocenters. The van der Waals surface area contributed by atoms with Crippen molar-refractivity contribution in [3.05, 3.63) is 40.7 Å². The van der Waals surface area contributed by atoms with E-state index >= 15 is 4.39 Å². The molecule has 224 valence electrons. The van der Waals surface area contributed by atoms with Crippen LogP contribution in [0.2, 0.25) is 5.02 Å². The monoisotopic (exact) mass is 608 g/mol. The number of nitrogens with zero attached hydrogens (tertiary/aromatic N) is 4. The standard InChI is InChI=1S/C29H30ClF5N6O/c30-22-9-20-25(24(32)23(22)19-8-16(36)2-5-21(19)29(33,34)35)38-27(39-26(20)40-12-17-3-4-18(13-40)37-17)42-14-28-6-1-7-41(28)11-15(31)10-28/h2,5,8-9,15,17-18,37H,1,3-4,6-7,10-14,36H2/t15-,17-,18+,28+/m1/s1. The summed E-state index contributed by atoms with van der Waals surface area (Å²) in [6, 6.07) is 4.75. The molecular weight excluding hydrogens is 579 g/mol. The van der Waals surface area contributed by atoms with Crippen molar-refractivity contribution in [3.63, 3.8) is 0 Å². The van der Waals surface area contributed by atoms with E-state index in [2.05, 4.69) is 15.2 Å². The van der Waals surface area contributed by atoms with E-state index < -0.39 is 40.4 Å². The van der Waals surface area contributed by atoms with E-state index in [0.29, 0.717) is 31.9 Å². The summed E-state index contributed by atoms with van der Waals surface area (Å²) in [7, 11) is 0. The highest BCUT2D eigenvalue weighted by Gasteiger charge is 2.49. The first kappa shape index (κ1) is 27.8. The van der Waals surface area contributed by atoms with Crippen LogP contribution in [0.15, 0.2) is 24.3 Å². The van der Waals surface area contributed by atoms with Crippen molar-refractivity contribution in [2.45, 2.75) is 62.1 Å². The van der Waals surface area contributed by atoms with Gasteiger partial charge in [0.05, 0.1) is 16.1 Å². The second-order valence-corrected chi connectivity index (χ2v) is 12.4. The molecule has 4 atom stereocenters. The van der Waals surface area contributed by atoms with Crippen LogP contribution in [0.1, 0.15) is 37.7 Å². The van der Waals surface area contributed by atoms with Crippen molar-refractivity contribution in [1.82, 2.24) is 20.2 Å². The Morgan fingerprint density at radius 3 is 2.62 bits per heavy atom. The van der Waals surface area contributed by atoms with Gasteiger partial charge < -0.3 is 20.7 Å². The van der Waals surface area contributed by atoms with Gasteiger partial charge in [-0.15, -0.1) is 0 Å². The van der Waals surface area contributed by atoms with Gasteiger partial charge in [-0.25, -0.2) is 8.78 Å². The molecule has 4 fully saturated rings. The summed E-state index contributed by atoms with van der Waals surface area (Å²) < 4.78 is 78.9. The molecule has 3 N–H and O–H groups in total. The van der Waals surface area contributed by atoms with Crippen LogP contribution in [-0.2, 0) is 6.18 Å². The Bertz CT molecular complexity index is 1540. The smallest absolute Gasteiger partial charge is 0.417 e. The number of alkyl halides is 4. The van der Waals surface area contributed by atoms with E-state index in [-0.39, 0.29) is 46.3 Å².